The molecule has 228 valence electrons. The molecule has 0 amide bonds. The van der Waals surface area contributed by atoms with Crippen molar-refractivity contribution in [2.24, 2.45) is 0 Å². The summed E-state index contributed by atoms with van der Waals surface area (Å²) in [7, 11) is 0. The number of nitriles is 1. The van der Waals surface area contributed by atoms with Gasteiger partial charge in [0, 0.05) is 49.8 Å². The first-order valence-corrected chi connectivity index (χ1v) is 16.3. The number of nitrogens with one attached hydrogen (secondary N) is 1. The molecule has 49 heavy (non-hydrogen) atoms. The molecular formula is C44H27N5. The molecule has 0 aliphatic heterocycles. The molecule has 0 unspecified atom stereocenters. The molecule has 0 radical (unpaired) electrons. The maximum Gasteiger partial charge on any atom is 0.0999 e. The third-order valence-electron chi connectivity index (χ3n) is 9.97. The molecule has 3 heterocycles. The lowest BCUT2D eigenvalue weighted by molar-refractivity contribution is 1.09. The van der Waals surface area contributed by atoms with Crippen LogP contribution in [0.2, 0.25) is 0 Å². The van der Waals surface area contributed by atoms with Crippen LogP contribution in [0.15, 0.2) is 152 Å². The van der Waals surface area contributed by atoms with E-state index >= 15 is 0 Å². The van der Waals surface area contributed by atoms with Crippen molar-refractivity contribution in [1.29, 1.82) is 10.7 Å². The Morgan fingerprint density at radius 2 is 0.878 bits per heavy atom. The van der Waals surface area contributed by atoms with Gasteiger partial charge in [-0.3, -0.25) is 0 Å². The molecule has 5 heteroatoms. The maximum absolute atomic E-state index is 10.4. The Labute approximate surface area is 281 Å². The van der Waals surface area contributed by atoms with Gasteiger partial charge in [-0.05, 0) is 60.7 Å². The predicted molar refractivity (Wildman–Crippen MR) is 202 cm³/mol. The van der Waals surface area contributed by atoms with Crippen LogP contribution in [0.4, 0.5) is 0 Å². The molecule has 0 saturated carbocycles. The summed E-state index contributed by atoms with van der Waals surface area (Å²) in [6, 6.07) is 55.5. The van der Waals surface area contributed by atoms with Crippen molar-refractivity contribution < 1.29 is 0 Å². The van der Waals surface area contributed by atoms with Crippen LogP contribution in [0.5, 0.6) is 0 Å². The van der Waals surface area contributed by atoms with Crippen molar-refractivity contribution in [3.8, 4) is 23.1 Å². The minimum absolute atomic E-state index is 0.460. The van der Waals surface area contributed by atoms with E-state index in [4.69, 9.17) is 5.41 Å². The summed E-state index contributed by atoms with van der Waals surface area (Å²) in [6.07, 6.45) is 1.29. The molecule has 0 saturated heterocycles. The average Bonchev–Trinajstić information content (AvgIpc) is 3.80. The van der Waals surface area contributed by atoms with Crippen LogP contribution in [-0.4, -0.2) is 19.9 Å². The van der Waals surface area contributed by atoms with E-state index in [9.17, 15) is 5.26 Å². The van der Waals surface area contributed by atoms with E-state index in [0.717, 1.165) is 66.3 Å². The van der Waals surface area contributed by atoms with Gasteiger partial charge >= 0.3 is 0 Å². The number of rotatable bonds is 4. The zero-order valence-electron chi connectivity index (χ0n) is 26.3. The Morgan fingerprint density at radius 1 is 0.449 bits per heavy atom. The van der Waals surface area contributed by atoms with Gasteiger partial charge < -0.3 is 19.1 Å². The number of hydrogen-bond acceptors (Lipinski definition) is 2. The molecule has 0 aliphatic rings. The van der Waals surface area contributed by atoms with Crippen molar-refractivity contribution in [2.75, 3.05) is 0 Å². The highest BCUT2D eigenvalue weighted by atomic mass is 15.1. The quantitative estimate of drug-likeness (QED) is 0.194. The molecule has 5 nitrogen and oxygen atoms in total. The van der Waals surface area contributed by atoms with Crippen molar-refractivity contribution >= 4 is 71.6 Å². The first-order chi connectivity index (χ1) is 24.3. The topological polar surface area (TPSA) is 62.4 Å². The number of hydrogen-bond donors (Lipinski definition) is 1. The fourth-order valence-corrected chi connectivity index (χ4v) is 7.98. The summed E-state index contributed by atoms with van der Waals surface area (Å²) < 4.78 is 6.95. The Balaban J connectivity index is 1.40. The first-order valence-electron chi connectivity index (χ1n) is 16.3. The summed E-state index contributed by atoms with van der Waals surface area (Å²) in [5.74, 6) is 0. The summed E-state index contributed by atoms with van der Waals surface area (Å²) in [5, 5.41) is 25.7. The fraction of sp³-hybridized carbons (Fsp3) is 0. The number of benzene rings is 7. The number of fused-ring (bicyclic) bond motifs is 10. The monoisotopic (exact) mass is 625 g/mol. The van der Waals surface area contributed by atoms with Crippen molar-refractivity contribution in [1.82, 2.24) is 13.7 Å². The van der Waals surface area contributed by atoms with Gasteiger partial charge in [0.2, 0.25) is 0 Å². The first kappa shape index (κ1) is 27.2. The zero-order valence-corrected chi connectivity index (χ0v) is 26.3. The van der Waals surface area contributed by atoms with E-state index in [1.807, 2.05) is 12.1 Å². The highest BCUT2D eigenvalue weighted by Crippen LogP contribution is 2.44. The molecule has 0 spiro atoms. The molecule has 10 aromatic rings. The van der Waals surface area contributed by atoms with Crippen molar-refractivity contribution in [2.45, 2.75) is 0 Å². The number of para-hydroxylation sites is 5. The van der Waals surface area contributed by atoms with Crippen LogP contribution in [0.1, 0.15) is 11.1 Å². The van der Waals surface area contributed by atoms with Gasteiger partial charge in [-0.2, -0.15) is 5.26 Å². The number of nitrogens with zero attached hydrogens (tertiary/aromatic N) is 4. The molecule has 3 aromatic heterocycles. The Bertz CT molecular complexity index is 2970. The van der Waals surface area contributed by atoms with Crippen LogP contribution in [0.3, 0.4) is 0 Å². The molecule has 0 aliphatic carbocycles. The fourth-order valence-electron chi connectivity index (χ4n) is 7.98. The lowest BCUT2D eigenvalue weighted by Crippen LogP contribution is -2.06. The maximum atomic E-state index is 10.4. The van der Waals surface area contributed by atoms with E-state index in [2.05, 4.69) is 159 Å². The third-order valence-corrected chi connectivity index (χ3v) is 9.97. The highest BCUT2D eigenvalue weighted by molar-refractivity contribution is 6.29. The van der Waals surface area contributed by atoms with Gasteiger partial charge in [-0.1, -0.05) is 91.0 Å². The molecule has 1 N–H and O–H groups in total. The Kier molecular flexibility index (Phi) is 5.73. The van der Waals surface area contributed by atoms with E-state index < -0.39 is 0 Å². The summed E-state index contributed by atoms with van der Waals surface area (Å²) in [4.78, 5) is 0. The van der Waals surface area contributed by atoms with Crippen molar-refractivity contribution in [3.63, 3.8) is 0 Å². The van der Waals surface area contributed by atoms with Gasteiger partial charge in [0.25, 0.3) is 0 Å². The lowest BCUT2D eigenvalue weighted by atomic mass is 10.0. The Hall–Kier alpha value is -6.90. The van der Waals surface area contributed by atoms with Gasteiger partial charge in [0.05, 0.1) is 56.1 Å². The largest absolute Gasteiger partial charge is 0.309 e. The molecule has 0 atom stereocenters. The summed E-state index contributed by atoms with van der Waals surface area (Å²) in [6.45, 7) is 0. The lowest BCUT2D eigenvalue weighted by Gasteiger charge is -2.18. The second-order valence-electron chi connectivity index (χ2n) is 12.4. The van der Waals surface area contributed by atoms with Crippen LogP contribution < -0.4 is 0 Å². The minimum atomic E-state index is 0.460. The molecule has 7 aromatic carbocycles. The van der Waals surface area contributed by atoms with Gasteiger partial charge in [0.15, 0.2) is 0 Å². The molecular weight excluding hydrogens is 599 g/mol. The predicted octanol–water partition coefficient (Wildman–Crippen LogP) is 10.8. The average molecular weight is 626 g/mol. The van der Waals surface area contributed by atoms with Crippen LogP contribution in [0, 0.1) is 16.7 Å². The second-order valence-corrected chi connectivity index (χ2v) is 12.4. The molecule has 10 rings (SSSR count). The van der Waals surface area contributed by atoms with E-state index in [1.54, 1.807) is 0 Å². The van der Waals surface area contributed by atoms with E-state index in [1.165, 1.54) is 22.4 Å². The standard InChI is InChI=1S/C44H27N5/c45-26-28-24-41(48-35-18-8-4-14-31(35)32-15-5-9-19-36(32)48)42(25-29(28)27-46)49-38-21-11-7-17-34(38)44-40(49)23-22-39-43(44)33-16-6-10-20-37(33)47(39)30-12-2-1-3-13-30/h1-26,45H. The Morgan fingerprint density at radius 3 is 1.43 bits per heavy atom. The molecule has 0 bridgehead atoms. The second kappa shape index (κ2) is 10.3. The van der Waals surface area contributed by atoms with Gasteiger partial charge in [-0.15, -0.1) is 0 Å². The highest BCUT2D eigenvalue weighted by Gasteiger charge is 2.24. The van der Waals surface area contributed by atoms with Crippen LogP contribution in [0.25, 0.3) is 82.5 Å². The minimum Gasteiger partial charge on any atom is -0.309 e. The SMILES string of the molecule is N#Cc1cc(-n2c3ccccc3c3c4c5ccccc5n(-c5ccccc5)c4ccc32)c(-n2c3ccccc3c3ccccc32)cc1C=N. The van der Waals surface area contributed by atoms with Gasteiger partial charge in [-0.25, -0.2) is 0 Å². The molecule has 0 fully saturated rings. The van der Waals surface area contributed by atoms with E-state index in [0.29, 0.717) is 11.1 Å². The van der Waals surface area contributed by atoms with E-state index in [-0.39, 0.29) is 0 Å². The zero-order chi connectivity index (χ0) is 32.6. The summed E-state index contributed by atoms with van der Waals surface area (Å²) in [5.41, 5.74) is 10.5. The van der Waals surface area contributed by atoms with Crippen LogP contribution in [-0.2, 0) is 0 Å². The van der Waals surface area contributed by atoms with Gasteiger partial charge in [0.1, 0.15) is 0 Å². The normalized spacial score (nSPS) is 11.7. The smallest absolute Gasteiger partial charge is 0.0999 e. The van der Waals surface area contributed by atoms with Crippen LogP contribution >= 0.6 is 0 Å². The summed E-state index contributed by atoms with van der Waals surface area (Å²) >= 11 is 0. The van der Waals surface area contributed by atoms with Crippen molar-refractivity contribution in [3.05, 3.63) is 163 Å². The third kappa shape index (κ3) is 3.71. The number of aromatic nitrogens is 3.